The molecule has 0 fully saturated rings. The van der Waals surface area contributed by atoms with Crippen LogP contribution in [0.25, 0.3) is 0 Å². The number of ether oxygens (including phenoxy) is 1. The lowest BCUT2D eigenvalue weighted by Crippen LogP contribution is -2.19. The maximum atomic E-state index is 12.2. The Balaban J connectivity index is 1.99. The Kier molecular flexibility index (Phi) is 6.13. The summed E-state index contributed by atoms with van der Waals surface area (Å²) < 4.78 is 51.9. The van der Waals surface area contributed by atoms with Crippen LogP contribution < -0.4 is 10.1 Å². The van der Waals surface area contributed by atoms with Crippen LogP contribution >= 0.6 is 0 Å². The molecule has 0 saturated carbocycles. The summed E-state index contributed by atoms with van der Waals surface area (Å²) in [5.74, 6) is -0.259. The number of alkyl halides is 3. The number of aromatic nitrogens is 1. The van der Waals surface area contributed by atoms with Gasteiger partial charge in [0.2, 0.25) is 5.88 Å². The van der Waals surface area contributed by atoms with Crippen LogP contribution in [0.1, 0.15) is 15.9 Å². The zero-order chi connectivity index (χ0) is 18.4. The van der Waals surface area contributed by atoms with Crippen LogP contribution in [0, 0.1) is 0 Å². The van der Waals surface area contributed by atoms with Crippen LogP contribution in [0.5, 0.6) is 5.88 Å². The van der Waals surface area contributed by atoms with Gasteiger partial charge in [-0.05, 0) is 23.8 Å². The van der Waals surface area contributed by atoms with Crippen molar-refractivity contribution in [2.24, 2.45) is 0 Å². The van der Waals surface area contributed by atoms with Gasteiger partial charge in [-0.15, -0.1) is 0 Å². The Hall–Kier alpha value is -2.42. The number of nitrogens with one attached hydrogen (secondary N) is 1. The highest BCUT2D eigenvalue weighted by Crippen LogP contribution is 2.18. The number of rotatable bonds is 6. The number of amides is 1. The number of hydrogen-bond donors (Lipinski definition) is 1. The van der Waals surface area contributed by atoms with Crippen LogP contribution in [-0.2, 0) is 16.6 Å². The summed E-state index contributed by atoms with van der Waals surface area (Å²) in [6.45, 7) is -1.43. The second-order valence-corrected chi connectivity index (χ2v) is 6.60. The zero-order valence-electron chi connectivity index (χ0n) is 13.2. The van der Waals surface area contributed by atoms with Crippen molar-refractivity contribution < 1.29 is 26.9 Å². The predicted octanol–water partition coefficient (Wildman–Crippen LogP) is 3.15. The highest BCUT2D eigenvalue weighted by atomic mass is 32.2. The molecule has 9 heteroatoms. The molecule has 0 saturated heterocycles. The Labute approximate surface area is 144 Å². The van der Waals surface area contributed by atoms with Crippen molar-refractivity contribution in [3.63, 3.8) is 0 Å². The quantitative estimate of drug-likeness (QED) is 0.846. The molecule has 134 valence electrons. The normalized spacial score (nSPS) is 12.5. The van der Waals surface area contributed by atoms with E-state index in [0.717, 1.165) is 5.56 Å². The lowest BCUT2D eigenvalue weighted by atomic mass is 10.1. The number of hydrogen-bond acceptors (Lipinski definition) is 4. The Morgan fingerprint density at radius 3 is 2.64 bits per heavy atom. The summed E-state index contributed by atoms with van der Waals surface area (Å²) in [6, 6.07) is 9.31. The predicted molar refractivity (Wildman–Crippen MR) is 88.0 cm³/mol. The van der Waals surface area contributed by atoms with Gasteiger partial charge in [0, 0.05) is 34.4 Å². The highest BCUT2D eigenvalue weighted by molar-refractivity contribution is 7.83. The lowest BCUT2D eigenvalue weighted by molar-refractivity contribution is -0.154. The van der Waals surface area contributed by atoms with Crippen molar-refractivity contribution in [3.8, 4) is 5.88 Å². The molecule has 0 radical (unpaired) electrons. The van der Waals surface area contributed by atoms with Gasteiger partial charge in [0.15, 0.2) is 6.61 Å². The first kappa shape index (κ1) is 18.9. The summed E-state index contributed by atoms with van der Waals surface area (Å²) in [5, 5.41) is 2.58. The zero-order valence-corrected chi connectivity index (χ0v) is 14.0. The van der Waals surface area contributed by atoms with Crippen LogP contribution in [0.15, 0.2) is 42.6 Å². The number of nitrogens with zero attached hydrogens (tertiary/aromatic N) is 1. The molecule has 1 amide bonds. The monoisotopic (exact) mass is 372 g/mol. The average molecular weight is 372 g/mol. The number of anilines is 1. The van der Waals surface area contributed by atoms with Gasteiger partial charge in [0.1, 0.15) is 0 Å². The molecule has 1 heterocycles. The first-order chi connectivity index (χ1) is 11.7. The minimum absolute atomic E-state index is 0.192. The van der Waals surface area contributed by atoms with Crippen molar-refractivity contribution in [1.29, 1.82) is 0 Å². The van der Waals surface area contributed by atoms with Crippen molar-refractivity contribution in [2.75, 3.05) is 18.2 Å². The van der Waals surface area contributed by atoms with E-state index in [2.05, 4.69) is 15.0 Å². The topological polar surface area (TPSA) is 68.3 Å². The van der Waals surface area contributed by atoms with Crippen molar-refractivity contribution >= 4 is 22.4 Å². The Morgan fingerprint density at radius 1 is 1.28 bits per heavy atom. The minimum Gasteiger partial charge on any atom is -0.468 e. The Morgan fingerprint density at radius 2 is 2.04 bits per heavy atom. The van der Waals surface area contributed by atoms with Crippen molar-refractivity contribution in [3.05, 3.63) is 53.7 Å². The fraction of sp³-hybridized carbons (Fsp3) is 0.250. The highest BCUT2D eigenvalue weighted by Gasteiger charge is 2.28. The number of benzene rings is 1. The number of halogens is 3. The molecule has 0 unspecified atom stereocenters. The van der Waals surface area contributed by atoms with E-state index in [1.165, 1.54) is 18.3 Å². The van der Waals surface area contributed by atoms with E-state index < -0.39 is 29.5 Å². The summed E-state index contributed by atoms with van der Waals surface area (Å²) in [5.41, 5.74) is 1.46. The van der Waals surface area contributed by atoms with E-state index in [9.17, 15) is 22.2 Å². The smallest absolute Gasteiger partial charge is 0.422 e. The van der Waals surface area contributed by atoms with E-state index in [0.29, 0.717) is 17.0 Å². The molecule has 1 atom stereocenters. The van der Waals surface area contributed by atoms with Crippen LogP contribution in [0.2, 0.25) is 0 Å². The molecule has 0 bridgehead atoms. The third kappa shape index (κ3) is 6.54. The molecule has 1 aromatic carbocycles. The average Bonchev–Trinajstić information content (AvgIpc) is 2.53. The lowest BCUT2D eigenvalue weighted by Gasteiger charge is -2.09. The molecule has 5 nitrogen and oxygen atoms in total. The second-order valence-electron chi connectivity index (χ2n) is 5.16. The van der Waals surface area contributed by atoms with Gasteiger partial charge in [0.25, 0.3) is 5.91 Å². The van der Waals surface area contributed by atoms with E-state index in [-0.39, 0.29) is 5.88 Å². The SMILES string of the molecule is C[S@@](=O)Cc1cccc(C(=O)Nc2ccc(OCC(F)(F)F)nc2)c1. The van der Waals surface area contributed by atoms with Gasteiger partial charge in [-0.2, -0.15) is 13.2 Å². The number of carbonyl (C=O) groups excluding carboxylic acids is 1. The summed E-state index contributed by atoms with van der Waals surface area (Å²) in [6.07, 6.45) is -1.67. The fourth-order valence-electron chi connectivity index (χ4n) is 1.94. The van der Waals surface area contributed by atoms with E-state index >= 15 is 0 Å². The second kappa shape index (κ2) is 8.11. The van der Waals surface area contributed by atoms with E-state index in [4.69, 9.17) is 0 Å². The molecule has 1 N–H and O–H groups in total. The molecule has 0 aliphatic carbocycles. The summed E-state index contributed by atoms with van der Waals surface area (Å²) in [4.78, 5) is 15.9. The van der Waals surface area contributed by atoms with Gasteiger partial charge in [-0.3, -0.25) is 9.00 Å². The van der Waals surface area contributed by atoms with Crippen molar-refractivity contribution in [1.82, 2.24) is 4.98 Å². The van der Waals surface area contributed by atoms with Gasteiger partial charge >= 0.3 is 6.18 Å². The third-order valence-corrected chi connectivity index (χ3v) is 3.68. The molecular weight excluding hydrogens is 357 g/mol. The first-order valence-corrected chi connectivity index (χ1v) is 8.81. The maximum absolute atomic E-state index is 12.2. The number of carbonyl (C=O) groups is 1. The number of pyridine rings is 1. The standard InChI is InChI=1S/C16H15F3N2O3S/c1-25(23)9-11-3-2-4-12(7-11)15(22)21-13-5-6-14(20-8-13)24-10-16(17,18)19/h2-8H,9-10H2,1H3,(H,21,22)/t25-/m1/s1. The summed E-state index contributed by atoms with van der Waals surface area (Å²) >= 11 is 0. The van der Waals surface area contributed by atoms with E-state index in [1.54, 1.807) is 30.5 Å². The van der Waals surface area contributed by atoms with Gasteiger partial charge in [0.05, 0.1) is 11.9 Å². The van der Waals surface area contributed by atoms with Gasteiger partial charge in [-0.1, -0.05) is 12.1 Å². The van der Waals surface area contributed by atoms with E-state index in [1.807, 2.05) is 0 Å². The van der Waals surface area contributed by atoms with Crippen molar-refractivity contribution in [2.45, 2.75) is 11.9 Å². The maximum Gasteiger partial charge on any atom is 0.422 e. The fourth-order valence-corrected chi connectivity index (χ4v) is 2.58. The molecular formula is C16H15F3N2O3S. The van der Waals surface area contributed by atoms with Crippen LogP contribution in [-0.4, -0.2) is 34.1 Å². The molecule has 0 aliphatic heterocycles. The molecule has 2 aromatic rings. The summed E-state index contributed by atoms with van der Waals surface area (Å²) in [7, 11) is -1.02. The molecule has 2 rings (SSSR count). The molecule has 1 aromatic heterocycles. The van der Waals surface area contributed by atoms with Gasteiger partial charge < -0.3 is 10.1 Å². The molecule has 0 aliphatic rings. The first-order valence-electron chi connectivity index (χ1n) is 7.09. The third-order valence-electron chi connectivity index (χ3n) is 2.94. The molecule has 0 spiro atoms. The minimum atomic E-state index is -4.44. The Bertz CT molecular complexity index is 764. The van der Waals surface area contributed by atoms with Gasteiger partial charge in [-0.25, -0.2) is 4.98 Å². The van der Waals surface area contributed by atoms with Crippen LogP contribution in [0.4, 0.5) is 18.9 Å². The van der Waals surface area contributed by atoms with Crippen LogP contribution in [0.3, 0.4) is 0 Å². The largest absolute Gasteiger partial charge is 0.468 e. The molecule has 25 heavy (non-hydrogen) atoms.